The summed E-state index contributed by atoms with van der Waals surface area (Å²) < 4.78 is 17.4. The molecule has 0 aromatic heterocycles. The maximum Gasteiger partial charge on any atom is 0.510 e. The van der Waals surface area contributed by atoms with Crippen molar-refractivity contribution >= 4 is 6.16 Å². The Kier molecular flexibility index (Phi) is 5.31. The van der Waals surface area contributed by atoms with Crippen molar-refractivity contribution in [3.63, 3.8) is 0 Å². The van der Waals surface area contributed by atoms with Crippen LogP contribution >= 0.6 is 0 Å². The highest BCUT2D eigenvalue weighted by Gasteiger charge is 2.54. The summed E-state index contributed by atoms with van der Waals surface area (Å²) in [5, 5.41) is 9.18. The summed E-state index contributed by atoms with van der Waals surface area (Å²) in [5.41, 5.74) is 1.78. The smallest absolute Gasteiger partial charge is 0.450 e. The molecule has 0 spiro atoms. The molecule has 2 saturated carbocycles. The molecule has 5 nitrogen and oxygen atoms in total. The van der Waals surface area contributed by atoms with Gasteiger partial charge < -0.3 is 14.6 Å². The first-order valence-corrected chi connectivity index (χ1v) is 10.5. The van der Waals surface area contributed by atoms with E-state index in [9.17, 15) is 9.90 Å². The lowest BCUT2D eigenvalue weighted by Gasteiger charge is -2.52. The van der Waals surface area contributed by atoms with Crippen LogP contribution in [0.1, 0.15) is 75.3 Å². The first-order valence-electron chi connectivity index (χ1n) is 10.5. The lowest BCUT2D eigenvalue weighted by atomic mass is 9.62. The van der Waals surface area contributed by atoms with Crippen LogP contribution in [0.25, 0.3) is 0 Å². The summed E-state index contributed by atoms with van der Waals surface area (Å²) in [6, 6.07) is 6.01. The minimum atomic E-state index is -1.36. The number of benzene rings is 1. The Balaban J connectivity index is 1.84. The van der Waals surface area contributed by atoms with Gasteiger partial charge in [0, 0.05) is 5.56 Å². The Morgan fingerprint density at radius 1 is 1.04 bits per heavy atom. The molecule has 0 bridgehead atoms. The van der Waals surface area contributed by atoms with Gasteiger partial charge in [-0.25, -0.2) is 4.79 Å². The number of fused-ring (bicyclic) bond motifs is 1. The average Bonchev–Trinajstić information content (AvgIpc) is 2.68. The van der Waals surface area contributed by atoms with Gasteiger partial charge in [-0.15, -0.1) is 0 Å². The van der Waals surface area contributed by atoms with Gasteiger partial charge in [0.1, 0.15) is 11.4 Å². The predicted molar refractivity (Wildman–Crippen MR) is 101 cm³/mol. The van der Waals surface area contributed by atoms with Crippen LogP contribution < -0.4 is 4.74 Å². The van der Waals surface area contributed by atoms with E-state index in [0.29, 0.717) is 11.8 Å². The number of ether oxygens (including phenoxy) is 3. The minimum absolute atomic E-state index is 0.373. The van der Waals surface area contributed by atoms with Gasteiger partial charge in [-0.3, -0.25) is 4.74 Å². The van der Waals surface area contributed by atoms with E-state index in [2.05, 4.69) is 13.0 Å². The fraction of sp³-hybridized carbons (Fsp3) is 0.682. The molecule has 1 aliphatic heterocycles. The van der Waals surface area contributed by atoms with E-state index in [1.807, 2.05) is 12.1 Å². The third-order valence-electron chi connectivity index (χ3n) is 6.76. The summed E-state index contributed by atoms with van der Waals surface area (Å²) in [5.74, 6) is 1.47. The molecule has 4 rings (SSSR count). The van der Waals surface area contributed by atoms with Crippen LogP contribution in [-0.4, -0.2) is 17.7 Å². The molecule has 2 aliphatic carbocycles. The summed E-state index contributed by atoms with van der Waals surface area (Å²) in [7, 11) is 0. The monoisotopic (exact) mass is 374 g/mol. The van der Waals surface area contributed by atoms with Gasteiger partial charge in [0.05, 0.1) is 0 Å². The van der Waals surface area contributed by atoms with E-state index in [0.717, 1.165) is 42.6 Å². The van der Waals surface area contributed by atoms with Gasteiger partial charge in [0.2, 0.25) is 0 Å². The molecule has 0 amide bonds. The summed E-state index contributed by atoms with van der Waals surface area (Å²) in [6.07, 6.45) is 10.4. The number of hydrogen-bond donors (Lipinski definition) is 1. The Hall–Kier alpha value is -1.75. The van der Waals surface area contributed by atoms with Crippen molar-refractivity contribution in [2.75, 3.05) is 0 Å². The second-order valence-electron chi connectivity index (χ2n) is 8.32. The minimum Gasteiger partial charge on any atom is -0.450 e. The molecule has 148 valence electrons. The van der Waals surface area contributed by atoms with Crippen LogP contribution in [0.2, 0.25) is 0 Å². The highest BCUT2D eigenvalue weighted by atomic mass is 16.9. The van der Waals surface area contributed by atoms with Crippen LogP contribution in [-0.2, 0) is 15.1 Å². The van der Waals surface area contributed by atoms with Crippen molar-refractivity contribution < 1.29 is 24.1 Å². The third kappa shape index (κ3) is 3.42. The number of aryl methyl sites for hydroxylation is 1. The number of rotatable bonds is 3. The molecule has 3 aliphatic rings. The molecule has 1 atom stereocenters. The Morgan fingerprint density at radius 3 is 2.19 bits per heavy atom. The van der Waals surface area contributed by atoms with E-state index in [4.69, 9.17) is 14.2 Å². The van der Waals surface area contributed by atoms with E-state index in [-0.39, 0.29) is 0 Å². The molecule has 0 saturated heterocycles. The Bertz CT molecular complexity index is 655. The first kappa shape index (κ1) is 18.6. The maximum atomic E-state index is 11.2. The molecule has 1 unspecified atom stereocenters. The van der Waals surface area contributed by atoms with Crippen molar-refractivity contribution in [3.05, 3.63) is 29.3 Å². The predicted octanol–water partition coefficient (Wildman–Crippen LogP) is 5.74. The lowest BCUT2D eigenvalue weighted by molar-refractivity contribution is -0.324. The van der Waals surface area contributed by atoms with E-state index >= 15 is 0 Å². The van der Waals surface area contributed by atoms with Crippen LogP contribution in [0.4, 0.5) is 4.79 Å². The van der Waals surface area contributed by atoms with Gasteiger partial charge in [-0.2, -0.15) is 0 Å². The normalized spacial score (nSPS) is 26.0. The van der Waals surface area contributed by atoms with Gasteiger partial charge in [0.15, 0.2) is 0 Å². The molecule has 1 heterocycles. The average molecular weight is 374 g/mol. The largest absolute Gasteiger partial charge is 0.510 e. The van der Waals surface area contributed by atoms with E-state index in [1.54, 1.807) is 0 Å². The fourth-order valence-corrected chi connectivity index (χ4v) is 5.71. The Labute approximate surface area is 161 Å². The third-order valence-corrected chi connectivity index (χ3v) is 6.76. The van der Waals surface area contributed by atoms with Crippen molar-refractivity contribution in [1.82, 2.24) is 0 Å². The van der Waals surface area contributed by atoms with Crippen LogP contribution in [0.5, 0.6) is 5.75 Å². The molecule has 1 aromatic rings. The zero-order chi connectivity index (χ0) is 18.9. The van der Waals surface area contributed by atoms with Crippen LogP contribution in [0.3, 0.4) is 0 Å². The first-order chi connectivity index (χ1) is 13.1. The topological polar surface area (TPSA) is 65.0 Å². The molecule has 5 heteroatoms. The second-order valence-corrected chi connectivity index (χ2v) is 8.32. The van der Waals surface area contributed by atoms with Crippen molar-refractivity contribution in [1.29, 1.82) is 0 Å². The van der Waals surface area contributed by atoms with Crippen LogP contribution in [0.15, 0.2) is 18.2 Å². The summed E-state index contributed by atoms with van der Waals surface area (Å²) >= 11 is 0. The van der Waals surface area contributed by atoms with Gasteiger partial charge in [0.25, 0.3) is 0 Å². The standard InChI is InChI=1S/C22H30O5/c1-15-9-8-14-18-19(15)22(16-10-4-2-5-11-16,17-12-6-3-7-13-17)27-21(25-18)26-20(23)24/h8-9,14,16-17,21H,2-7,10-13H2,1H3,(H,23,24). The quantitative estimate of drug-likeness (QED) is 0.684. The second kappa shape index (κ2) is 7.70. The molecule has 27 heavy (non-hydrogen) atoms. The zero-order valence-corrected chi connectivity index (χ0v) is 16.1. The number of carbonyl (C=O) groups is 1. The Morgan fingerprint density at radius 2 is 1.63 bits per heavy atom. The maximum absolute atomic E-state index is 11.2. The molecular formula is C22H30O5. The van der Waals surface area contributed by atoms with Gasteiger partial charge >= 0.3 is 12.6 Å². The van der Waals surface area contributed by atoms with E-state index in [1.165, 1.54) is 38.5 Å². The van der Waals surface area contributed by atoms with Crippen LogP contribution in [0, 0.1) is 18.8 Å². The van der Waals surface area contributed by atoms with Crippen molar-refractivity contribution in [2.24, 2.45) is 11.8 Å². The highest BCUT2D eigenvalue weighted by Crippen LogP contribution is 2.56. The van der Waals surface area contributed by atoms with Crippen molar-refractivity contribution in [3.8, 4) is 5.75 Å². The summed E-state index contributed by atoms with van der Waals surface area (Å²) in [4.78, 5) is 11.2. The molecule has 0 radical (unpaired) electrons. The SMILES string of the molecule is Cc1cccc2c1C(C1CCCCC1)(C1CCCCC1)OC(OC(=O)O)O2. The van der Waals surface area contributed by atoms with Crippen molar-refractivity contribution in [2.45, 2.75) is 83.2 Å². The fourth-order valence-electron chi connectivity index (χ4n) is 5.71. The van der Waals surface area contributed by atoms with E-state index < -0.39 is 18.2 Å². The number of hydrogen-bond acceptors (Lipinski definition) is 4. The lowest BCUT2D eigenvalue weighted by Crippen LogP contribution is -2.53. The molecule has 1 aromatic carbocycles. The summed E-state index contributed by atoms with van der Waals surface area (Å²) in [6.45, 7) is 0.922. The molecule has 1 N–H and O–H groups in total. The zero-order valence-electron chi connectivity index (χ0n) is 16.1. The highest BCUT2D eigenvalue weighted by molar-refractivity contribution is 5.57. The molecule has 2 fully saturated rings. The molecular weight excluding hydrogens is 344 g/mol. The number of carboxylic acid groups (broad SMARTS) is 1. The van der Waals surface area contributed by atoms with Gasteiger partial charge in [-0.05, 0) is 56.1 Å². The van der Waals surface area contributed by atoms with Gasteiger partial charge in [-0.1, -0.05) is 50.7 Å².